The SMILES string of the molecule is CC(C)(C(=O)C(Br)Oc1ccccc1Cl)c1ccccc1. The molecule has 0 aliphatic rings. The van der Waals surface area contributed by atoms with Crippen LogP contribution in [0, 0.1) is 0 Å². The molecule has 1 unspecified atom stereocenters. The minimum atomic E-state index is -0.757. The maximum atomic E-state index is 12.7. The summed E-state index contributed by atoms with van der Waals surface area (Å²) in [6, 6.07) is 16.7. The number of hydrogen-bond donors (Lipinski definition) is 0. The highest BCUT2D eigenvalue weighted by molar-refractivity contribution is 9.09. The molecular formula is C17H16BrClO2. The van der Waals surface area contributed by atoms with Gasteiger partial charge in [0.25, 0.3) is 0 Å². The fourth-order valence-electron chi connectivity index (χ4n) is 1.99. The van der Waals surface area contributed by atoms with Crippen LogP contribution in [0.1, 0.15) is 19.4 Å². The number of Topliss-reactive ketones (excluding diaryl/α,β-unsaturated/α-hetero) is 1. The van der Waals surface area contributed by atoms with Gasteiger partial charge in [0, 0.05) is 0 Å². The Bertz CT molecular complexity index is 626. The third-order valence-corrected chi connectivity index (χ3v) is 4.30. The lowest BCUT2D eigenvalue weighted by Crippen LogP contribution is -2.37. The summed E-state index contributed by atoms with van der Waals surface area (Å²) in [4.78, 5) is 12.7. The highest BCUT2D eigenvalue weighted by Crippen LogP contribution is 2.31. The van der Waals surface area contributed by atoms with Gasteiger partial charge in [-0.25, -0.2) is 0 Å². The molecule has 0 aliphatic heterocycles. The second-order valence-corrected chi connectivity index (χ2v) is 6.46. The molecule has 110 valence electrons. The molecule has 0 radical (unpaired) electrons. The van der Waals surface area contributed by atoms with Crippen LogP contribution in [0.15, 0.2) is 54.6 Å². The second-order valence-electron chi connectivity index (χ2n) is 5.22. The number of rotatable bonds is 5. The first kappa shape index (κ1) is 16.1. The van der Waals surface area contributed by atoms with Crippen molar-refractivity contribution in [3.05, 3.63) is 65.2 Å². The third-order valence-electron chi connectivity index (χ3n) is 3.38. The van der Waals surface area contributed by atoms with Crippen LogP contribution < -0.4 is 4.74 Å². The van der Waals surface area contributed by atoms with E-state index in [1.165, 1.54) is 0 Å². The molecule has 1 atom stereocenters. The number of halogens is 2. The fourth-order valence-corrected chi connectivity index (χ4v) is 2.94. The summed E-state index contributed by atoms with van der Waals surface area (Å²) in [7, 11) is 0. The number of alkyl halides is 1. The molecule has 0 saturated carbocycles. The predicted octanol–water partition coefficient (Wildman–Crippen LogP) is 4.99. The van der Waals surface area contributed by atoms with Gasteiger partial charge in [0.15, 0.2) is 5.78 Å². The number of ether oxygens (including phenoxy) is 1. The molecule has 2 nitrogen and oxygen atoms in total. The highest BCUT2D eigenvalue weighted by Gasteiger charge is 2.35. The Labute approximate surface area is 138 Å². The molecule has 2 rings (SSSR count). The van der Waals surface area contributed by atoms with E-state index in [1.807, 2.05) is 56.3 Å². The van der Waals surface area contributed by atoms with Gasteiger partial charge >= 0.3 is 0 Å². The van der Waals surface area contributed by atoms with Gasteiger partial charge in [-0.1, -0.05) is 54.1 Å². The molecule has 0 fully saturated rings. The van der Waals surface area contributed by atoms with Crippen LogP contribution in [-0.4, -0.2) is 10.8 Å². The molecule has 0 aromatic heterocycles. The average molecular weight is 368 g/mol. The first-order chi connectivity index (χ1) is 9.93. The van der Waals surface area contributed by atoms with Gasteiger partial charge in [-0.05, 0) is 47.5 Å². The van der Waals surface area contributed by atoms with Gasteiger partial charge in [-0.2, -0.15) is 0 Å². The minimum absolute atomic E-state index is 0.0615. The molecule has 4 heteroatoms. The fraction of sp³-hybridized carbons (Fsp3) is 0.235. The zero-order chi connectivity index (χ0) is 15.5. The lowest BCUT2D eigenvalue weighted by Gasteiger charge is -2.26. The van der Waals surface area contributed by atoms with Gasteiger partial charge in [-0.15, -0.1) is 0 Å². The number of para-hydroxylation sites is 1. The summed E-state index contributed by atoms with van der Waals surface area (Å²) in [6.07, 6.45) is 0. The molecule has 0 N–H and O–H groups in total. The molecule has 2 aromatic rings. The van der Waals surface area contributed by atoms with Crippen molar-refractivity contribution in [1.82, 2.24) is 0 Å². The van der Waals surface area contributed by atoms with Crippen LogP contribution in [0.2, 0.25) is 5.02 Å². The predicted molar refractivity (Wildman–Crippen MR) is 89.3 cm³/mol. The normalized spacial score (nSPS) is 12.8. The van der Waals surface area contributed by atoms with E-state index in [1.54, 1.807) is 12.1 Å². The highest BCUT2D eigenvalue weighted by atomic mass is 79.9. The zero-order valence-electron chi connectivity index (χ0n) is 11.8. The number of hydrogen-bond acceptors (Lipinski definition) is 2. The monoisotopic (exact) mass is 366 g/mol. The van der Waals surface area contributed by atoms with Crippen molar-refractivity contribution < 1.29 is 9.53 Å². The van der Waals surface area contributed by atoms with Crippen LogP contribution in [0.25, 0.3) is 0 Å². The first-order valence-electron chi connectivity index (χ1n) is 6.58. The summed E-state index contributed by atoms with van der Waals surface area (Å²) in [5, 5.41) is -0.278. The number of ketones is 1. The van der Waals surface area contributed by atoms with Gasteiger partial charge in [0.05, 0.1) is 10.4 Å². The second kappa shape index (κ2) is 6.63. The van der Waals surface area contributed by atoms with Crippen molar-refractivity contribution in [3.63, 3.8) is 0 Å². The van der Waals surface area contributed by atoms with E-state index in [2.05, 4.69) is 15.9 Å². The van der Waals surface area contributed by atoms with Crippen molar-refractivity contribution in [1.29, 1.82) is 0 Å². The van der Waals surface area contributed by atoms with Crippen molar-refractivity contribution in [2.24, 2.45) is 0 Å². The Morgan fingerprint density at radius 3 is 2.29 bits per heavy atom. The van der Waals surface area contributed by atoms with E-state index in [4.69, 9.17) is 16.3 Å². The quantitative estimate of drug-likeness (QED) is 0.696. The molecule has 0 aliphatic carbocycles. The van der Waals surface area contributed by atoms with Crippen molar-refractivity contribution in [3.8, 4) is 5.75 Å². The summed E-state index contributed by atoms with van der Waals surface area (Å²) >= 11 is 9.36. The largest absolute Gasteiger partial charge is 0.470 e. The van der Waals surface area contributed by atoms with E-state index in [9.17, 15) is 4.79 Å². The van der Waals surface area contributed by atoms with E-state index in [-0.39, 0.29) is 5.78 Å². The number of carbonyl (C=O) groups is 1. The molecule has 0 amide bonds. The topological polar surface area (TPSA) is 26.3 Å². The summed E-state index contributed by atoms with van der Waals surface area (Å²) in [5.41, 5.74) is 0.290. The molecule has 0 heterocycles. The summed E-state index contributed by atoms with van der Waals surface area (Å²) in [6.45, 7) is 3.77. The number of carbonyl (C=O) groups excluding carboxylic acids is 1. The van der Waals surface area contributed by atoms with E-state index >= 15 is 0 Å². The van der Waals surface area contributed by atoms with E-state index < -0.39 is 10.4 Å². The van der Waals surface area contributed by atoms with E-state index in [0.717, 1.165) is 5.56 Å². The lowest BCUT2D eigenvalue weighted by atomic mass is 9.81. The van der Waals surface area contributed by atoms with Crippen molar-refractivity contribution in [2.45, 2.75) is 24.3 Å². The molecule has 0 bridgehead atoms. The molecule has 0 spiro atoms. The Balaban J connectivity index is 2.18. The molecule has 21 heavy (non-hydrogen) atoms. The van der Waals surface area contributed by atoms with Crippen molar-refractivity contribution >= 4 is 33.3 Å². The van der Waals surface area contributed by atoms with Crippen molar-refractivity contribution in [2.75, 3.05) is 0 Å². The molecule has 2 aromatic carbocycles. The van der Waals surface area contributed by atoms with Gasteiger partial charge in [0.2, 0.25) is 5.01 Å². The van der Waals surface area contributed by atoms with Gasteiger partial charge < -0.3 is 4.74 Å². The average Bonchev–Trinajstić information content (AvgIpc) is 2.49. The van der Waals surface area contributed by atoms with Crippen LogP contribution in [0.4, 0.5) is 0 Å². The molecule has 0 saturated heterocycles. The smallest absolute Gasteiger partial charge is 0.211 e. The zero-order valence-corrected chi connectivity index (χ0v) is 14.2. The van der Waals surface area contributed by atoms with Crippen LogP contribution in [0.5, 0.6) is 5.75 Å². The summed E-state index contributed by atoms with van der Waals surface area (Å²) < 4.78 is 5.65. The maximum absolute atomic E-state index is 12.7. The number of benzene rings is 2. The Hall–Kier alpha value is -1.32. The van der Waals surface area contributed by atoms with Crippen LogP contribution in [-0.2, 0) is 10.2 Å². The summed E-state index contributed by atoms with van der Waals surface area (Å²) in [5.74, 6) is 0.423. The van der Waals surface area contributed by atoms with Gasteiger partial charge in [-0.3, -0.25) is 4.79 Å². The van der Waals surface area contributed by atoms with Crippen LogP contribution >= 0.6 is 27.5 Å². The third kappa shape index (κ3) is 3.66. The standard InChI is InChI=1S/C17H16BrClO2/c1-17(2,12-8-4-3-5-9-12)15(20)16(18)21-14-11-7-6-10-13(14)19/h3-11,16H,1-2H3. The maximum Gasteiger partial charge on any atom is 0.211 e. The van der Waals surface area contributed by atoms with Gasteiger partial charge in [0.1, 0.15) is 5.75 Å². The Morgan fingerprint density at radius 2 is 1.67 bits per heavy atom. The minimum Gasteiger partial charge on any atom is -0.470 e. The Morgan fingerprint density at radius 1 is 1.10 bits per heavy atom. The Kier molecular flexibility index (Phi) is 5.07. The first-order valence-corrected chi connectivity index (χ1v) is 7.87. The van der Waals surface area contributed by atoms with E-state index in [0.29, 0.717) is 10.8 Å². The van der Waals surface area contributed by atoms with Crippen LogP contribution in [0.3, 0.4) is 0 Å². The lowest BCUT2D eigenvalue weighted by molar-refractivity contribution is -0.126. The molecular weight excluding hydrogens is 352 g/mol.